The molecule has 3 rings (SSSR count). The zero-order valence-electron chi connectivity index (χ0n) is 17.2. The van der Waals surface area contributed by atoms with Crippen LogP contribution in [0, 0.1) is 12.3 Å². The number of hydrogen-bond acceptors (Lipinski definition) is 3. The SMILES string of the molecule is Cc1ccccc1CN(c1ccc(N)c(Cl)c1)C1CCN(C(=O)C(C)(C)C)C1. The average Bonchev–Trinajstić information content (AvgIpc) is 3.11. The Morgan fingerprint density at radius 1 is 1.25 bits per heavy atom. The Balaban J connectivity index is 1.89. The lowest BCUT2D eigenvalue weighted by molar-refractivity contribution is -0.138. The highest BCUT2D eigenvalue weighted by atomic mass is 35.5. The molecule has 2 N–H and O–H groups in total. The van der Waals surface area contributed by atoms with E-state index >= 15 is 0 Å². The first-order chi connectivity index (χ1) is 13.2. The second-order valence-corrected chi connectivity index (χ2v) is 9.11. The summed E-state index contributed by atoms with van der Waals surface area (Å²) in [6.45, 7) is 10.4. The molecule has 1 heterocycles. The molecule has 150 valence electrons. The van der Waals surface area contributed by atoms with Gasteiger partial charge < -0.3 is 15.5 Å². The molecule has 0 aromatic heterocycles. The lowest BCUT2D eigenvalue weighted by Crippen LogP contribution is -2.42. The van der Waals surface area contributed by atoms with E-state index in [1.165, 1.54) is 11.1 Å². The zero-order chi connectivity index (χ0) is 20.5. The van der Waals surface area contributed by atoms with Crippen molar-refractivity contribution in [2.24, 2.45) is 5.41 Å². The number of hydrogen-bond donors (Lipinski definition) is 1. The molecule has 0 spiro atoms. The van der Waals surface area contributed by atoms with Crippen LogP contribution in [0.25, 0.3) is 0 Å². The van der Waals surface area contributed by atoms with Crippen molar-refractivity contribution in [2.45, 2.75) is 46.7 Å². The van der Waals surface area contributed by atoms with Crippen molar-refractivity contribution < 1.29 is 4.79 Å². The van der Waals surface area contributed by atoms with E-state index in [0.29, 0.717) is 10.7 Å². The maximum Gasteiger partial charge on any atom is 0.228 e. The molecule has 2 aromatic carbocycles. The van der Waals surface area contributed by atoms with E-state index in [-0.39, 0.29) is 17.4 Å². The Labute approximate surface area is 173 Å². The summed E-state index contributed by atoms with van der Waals surface area (Å²) >= 11 is 6.32. The fourth-order valence-corrected chi connectivity index (χ4v) is 3.93. The first-order valence-corrected chi connectivity index (χ1v) is 10.2. The Bertz CT molecular complexity index is 859. The lowest BCUT2D eigenvalue weighted by Gasteiger charge is -2.33. The standard InChI is InChI=1S/C23H30ClN3O/c1-16-7-5-6-8-17(16)14-27(18-9-10-21(25)20(24)13-18)19-11-12-26(15-19)22(28)23(2,3)4/h5-10,13,19H,11-12,14-15,25H2,1-4H3. The molecule has 5 heteroatoms. The molecule has 28 heavy (non-hydrogen) atoms. The highest BCUT2D eigenvalue weighted by Crippen LogP contribution is 2.32. The molecular formula is C23H30ClN3O. The summed E-state index contributed by atoms with van der Waals surface area (Å²) in [4.78, 5) is 17.1. The van der Waals surface area contributed by atoms with Crippen LogP contribution in [0.4, 0.5) is 11.4 Å². The topological polar surface area (TPSA) is 49.6 Å². The molecule has 1 amide bonds. The minimum atomic E-state index is -0.361. The van der Waals surface area contributed by atoms with Crippen molar-refractivity contribution in [3.05, 3.63) is 58.6 Å². The molecule has 4 nitrogen and oxygen atoms in total. The zero-order valence-corrected chi connectivity index (χ0v) is 18.0. The van der Waals surface area contributed by atoms with Crippen molar-refractivity contribution in [3.8, 4) is 0 Å². The van der Waals surface area contributed by atoms with E-state index in [1.807, 2.05) is 43.9 Å². The van der Waals surface area contributed by atoms with Gasteiger partial charge in [0, 0.05) is 36.8 Å². The van der Waals surface area contributed by atoms with Gasteiger partial charge in [-0.25, -0.2) is 0 Å². The smallest absolute Gasteiger partial charge is 0.228 e. The van der Waals surface area contributed by atoms with Crippen LogP contribution in [-0.2, 0) is 11.3 Å². The fraction of sp³-hybridized carbons (Fsp3) is 0.435. The summed E-state index contributed by atoms with van der Waals surface area (Å²) < 4.78 is 0. The van der Waals surface area contributed by atoms with E-state index in [4.69, 9.17) is 17.3 Å². The molecule has 1 unspecified atom stereocenters. The van der Waals surface area contributed by atoms with Gasteiger partial charge in [0.1, 0.15) is 0 Å². The molecule has 1 aliphatic heterocycles. The van der Waals surface area contributed by atoms with Gasteiger partial charge in [0.25, 0.3) is 0 Å². The van der Waals surface area contributed by atoms with Gasteiger partial charge in [0.15, 0.2) is 0 Å². The van der Waals surface area contributed by atoms with E-state index in [0.717, 1.165) is 31.7 Å². The first kappa shape index (κ1) is 20.5. The lowest BCUT2D eigenvalue weighted by atomic mass is 9.95. The summed E-state index contributed by atoms with van der Waals surface area (Å²) in [7, 11) is 0. The predicted octanol–water partition coefficient (Wildman–Crippen LogP) is 4.88. The minimum Gasteiger partial charge on any atom is -0.398 e. The third-order valence-corrected chi connectivity index (χ3v) is 5.78. The van der Waals surface area contributed by atoms with Crippen molar-refractivity contribution >= 4 is 28.9 Å². The number of aryl methyl sites for hydroxylation is 1. The van der Waals surface area contributed by atoms with Gasteiger partial charge >= 0.3 is 0 Å². The molecule has 2 aromatic rings. The summed E-state index contributed by atoms with van der Waals surface area (Å²) in [5.41, 5.74) is 9.72. The number of carbonyl (C=O) groups is 1. The molecule has 0 aliphatic carbocycles. The molecule has 0 radical (unpaired) electrons. The highest BCUT2D eigenvalue weighted by Gasteiger charge is 2.35. The number of anilines is 2. The number of nitrogens with two attached hydrogens (primary N) is 1. The summed E-state index contributed by atoms with van der Waals surface area (Å²) in [6.07, 6.45) is 0.940. The predicted molar refractivity (Wildman–Crippen MR) is 118 cm³/mol. The number of amides is 1. The average molecular weight is 400 g/mol. The number of likely N-dealkylation sites (tertiary alicyclic amines) is 1. The van der Waals surface area contributed by atoms with E-state index in [2.05, 4.69) is 36.1 Å². The molecule has 1 fully saturated rings. The van der Waals surface area contributed by atoms with Gasteiger partial charge in [-0.15, -0.1) is 0 Å². The van der Waals surface area contributed by atoms with Crippen LogP contribution in [0.3, 0.4) is 0 Å². The van der Waals surface area contributed by atoms with Crippen LogP contribution in [-0.4, -0.2) is 29.9 Å². The number of halogens is 1. The fourth-order valence-electron chi connectivity index (χ4n) is 3.75. The molecule has 0 saturated carbocycles. The second-order valence-electron chi connectivity index (χ2n) is 8.70. The number of nitrogens with zero attached hydrogens (tertiary/aromatic N) is 2. The number of benzene rings is 2. The summed E-state index contributed by atoms with van der Waals surface area (Å²) in [5, 5.41) is 0.563. The van der Waals surface area contributed by atoms with E-state index in [1.54, 1.807) is 0 Å². The molecule has 1 atom stereocenters. The highest BCUT2D eigenvalue weighted by molar-refractivity contribution is 6.33. The quantitative estimate of drug-likeness (QED) is 0.745. The number of carbonyl (C=O) groups excluding carboxylic acids is 1. The molecule has 1 saturated heterocycles. The van der Waals surface area contributed by atoms with Gasteiger partial charge in [0.05, 0.1) is 10.7 Å². The van der Waals surface area contributed by atoms with Crippen LogP contribution in [0.5, 0.6) is 0 Å². The Morgan fingerprint density at radius 3 is 2.61 bits per heavy atom. The molecule has 1 aliphatic rings. The monoisotopic (exact) mass is 399 g/mol. The van der Waals surface area contributed by atoms with Gasteiger partial charge in [-0.05, 0) is 42.7 Å². The maximum atomic E-state index is 12.8. The normalized spacial score (nSPS) is 17.0. The van der Waals surface area contributed by atoms with Crippen molar-refractivity contribution in [1.29, 1.82) is 0 Å². The largest absolute Gasteiger partial charge is 0.398 e. The van der Waals surface area contributed by atoms with Crippen LogP contribution < -0.4 is 10.6 Å². The van der Waals surface area contributed by atoms with Crippen LogP contribution >= 0.6 is 11.6 Å². The Morgan fingerprint density at radius 2 is 1.96 bits per heavy atom. The Hall–Kier alpha value is -2.20. The van der Waals surface area contributed by atoms with Crippen LogP contribution in [0.2, 0.25) is 5.02 Å². The van der Waals surface area contributed by atoms with E-state index < -0.39 is 0 Å². The summed E-state index contributed by atoms with van der Waals surface area (Å²) in [6, 6.07) is 14.5. The van der Waals surface area contributed by atoms with Gasteiger partial charge in [0.2, 0.25) is 5.91 Å². The Kier molecular flexibility index (Phi) is 5.90. The van der Waals surface area contributed by atoms with Gasteiger partial charge in [-0.1, -0.05) is 56.6 Å². The van der Waals surface area contributed by atoms with E-state index in [9.17, 15) is 4.79 Å². The van der Waals surface area contributed by atoms with Crippen molar-refractivity contribution in [1.82, 2.24) is 4.90 Å². The number of nitrogen functional groups attached to an aromatic ring is 1. The van der Waals surface area contributed by atoms with Gasteiger partial charge in [-0.2, -0.15) is 0 Å². The second kappa shape index (κ2) is 8.04. The third-order valence-electron chi connectivity index (χ3n) is 5.45. The number of rotatable bonds is 4. The van der Waals surface area contributed by atoms with Crippen molar-refractivity contribution in [2.75, 3.05) is 23.7 Å². The van der Waals surface area contributed by atoms with Crippen LogP contribution in [0.1, 0.15) is 38.3 Å². The first-order valence-electron chi connectivity index (χ1n) is 9.82. The summed E-state index contributed by atoms with van der Waals surface area (Å²) in [5.74, 6) is 0.209. The minimum absolute atomic E-state index is 0.209. The van der Waals surface area contributed by atoms with Crippen molar-refractivity contribution in [3.63, 3.8) is 0 Å². The third kappa shape index (κ3) is 4.44. The van der Waals surface area contributed by atoms with Gasteiger partial charge in [-0.3, -0.25) is 4.79 Å². The van der Waals surface area contributed by atoms with Crippen LogP contribution in [0.15, 0.2) is 42.5 Å². The molecule has 0 bridgehead atoms. The molecular weight excluding hydrogens is 370 g/mol. The maximum absolute atomic E-state index is 12.8.